The molecule has 0 saturated carbocycles. The summed E-state index contributed by atoms with van der Waals surface area (Å²) in [6.07, 6.45) is 0.892. The molecule has 0 radical (unpaired) electrons. The van der Waals surface area contributed by atoms with E-state index < -0.39 is 8.32 Å². The van der Waals surface area contributed by atoms with Crippen molar-refractivity contribution in [3.05, 3.63) is 35.9 Å². The van der Waals surface area contributed by atoms with Gasteiger partial charge in [0.2, 0.25) is 0 Å². The first-order chi connectivity index (χ1) is 9.22. The van der Waals surface area contributed by atoms with E-state index in [1.807, 2.05) is 30.3 Å². The van der Waals surface area contributed by atoms with Crippen molar-refractivity contribution in [2.75, 3.05) is 6.61 Å². The second-order valence-electron chi connectivity index (χ2n) is 7.05. The fourth-order valence-electron chi connectivity index (χ4n) is 1.47. The van der Waals surface area contributed by atoms with Gasteiger partial charge in [0.1, 0.15) is 0 Å². The van der Waals surface area contributed by atoms with Crippen LogP contribution in [-0.2, 0) is 4.43 Å². The minimum Gasteiger partial charge on any atom is -0.417 e. The number of benzene rings is 1. The third kappa shape index (κ3) is 5.52. The lowest BCUT2D eigenvalue weighted by molar-refractivity contribution is 0.240. The Labute approximate surface area is 125 Å². The average Bonchev–Trinajstić information content (AvgIpc) is 2.36. The van der Waals surface area contributed by atoms with Gasteiger partial charge in [0.05, 0.1) is 0 Å². The molecular formula is C18H28OSi. The maximum Gasteiger partial charge on any atom is 0.191 e. The molecule has 0 N–H and O–H groups in total. The quantitative estimate of drug-likeness (QED) is 0.554. The van der Waals surface area contributed by atoms with Crippen molar-refractivity contribution in [1.29, 1.82) is 0 Å². The first-order valence-corrected chi connectivity index (χ1v) is 10.3. The number of rotatable bonds is 4. The minimum atomic E-state index is -1.62. The lowest BCUT2D eigenvalue weighted by Crippen LogP contribution is -2.41. The summed E-state index contributed by atoms with van der Waals surface area (Å²) in [6, 6.07) is 10.1. The monoisotopic (exact) mass is 288 g/mol. The topological polar surface area (TPSA) is 9.23 Å². The zero-order chi connectivity index (χ0) is 15.2. The molecule has 1 rings (SSSR count). The van der Waals surface area contributed by atoms with Crippen LogP contribution in [-0.4, -0.2) is 14.9 Å². The fraction of sp³-hybridized carbons (Fsp3) is 0.556. The van der Waals surface area contributed by atoms with E-state index in [4.69, 9.17) is 4.43 Å². The van der Waals surface area contributed by atoms with Crippen molar-refractivity contribution in [1.82, 2.24) is 0 Å². The predicted molar refractivity (Wildman–Crippen MR) is 90.3 cm³/mol. The molecule has 0 aliphatic rings. The number of hydrogen-bond acceptors (Lipinski definition) is 1. The summed E-state index contributed by atoms with van der Waals surface area (Å²) in [5, 5.41) is 0.280. The van der Waals surface area contributed by atoms with E-state index in [9.17, 15) is 0 Å². The van der Waals surface area contributed by atoms with Gasteiger partial charge >= 0.3 is 0 Å². The summed E-state index contributed by atoms with van der Waals surface area (Å²) < 4.78 is 6.23. The molecule has 1 aromatic rings. The van der Waals surface area contributed by atoms with Gasteiger partial charge in [-0.1, -0.05) is 57.7 Å². The molecule has 0 aliphatic heterocycles. The minimum absolute atomic E-state index is 0.280. The highest BCUT2D eigenvalue weighted by Gasteiger charge is 2.37. The van der Waals surface area contributed by atoms with Gasteiger partial charge in [-0.15, -0.1) is 0 Å². The Hall–Kier alpha value is -1.04. The average molecular weight is 289 g/mol. The van der Waals surface area contributed by atoms with E-state index in [0.29, 0.717) is 5.92 Å². The van der Waals surface area contributed by atoms with Gasteiger partial charge in [-0.2, -0.15) is 0 Å². The van der Waals surface area contributed by atoms with Crippen LogP contribution < -0.4 is 0 Å². The van der Waals surface area contributed by atoms with Gasteiger partial charge in [0.15, 0.2) is 8.32 Å². The summed E-state index contributed by atoms with van der Waals surface area (Å²) in [6.45, 7) is 14.5. The van der Waals surface area contributed by atoms with Crippen molar-refractivity contribution in [3.63, 3.8) is 0 Å². The maximum atomic E-state index is 6.23. The van der Waals surface area contributed by atoms with Crippen LogP contribution in [0.5, 0.6) is 0 Å². The second-order valence-corrected chi connectivity index (χ2v) is 11.9. The standard InChI is InChI=1S/C18H28OSi/c1-16(15-19-20(5,6)18(2,3)4)11-10-14-17-12-8-7-9-13-17/h7-9,12-13,16H,11,15H2,1-6H3/t16-/m1/s1. The molecule has 0 heterocycles. The third-order valence-electron chi connectivity index (χ3n) is 3.99. The van der Waals surface area contributed by atoms with Crippen molar-refractivity contribution in [2.24, 2.45) is 5.92 Å². The van der Waals surface area contributed by atoms with Crippen LogP contribution in [0.15, 0.2) is 30.3 Å². The molecule has 0 unspecified atom stereocenters. The van der Waals surface area contributed by atoms with Gasteiger partial charge in [0, 0.05) is 18.6 Å². The van der Waals surface area contributed by atoms with E-state index in [1.165, 1.54) is 0 Å². The molecular weight excluding hydrogens is 260 g/mol. The van der Waals surface area contributed by atoms with Gasteiger partial charge in [0.25, 0.3) is 0 Å². The first-order valence-electron chi connectivity index (χ1n) is 7.40. The predicted octanol–water partition coefficient (Wildman–Crippen LogP) is 5.09. The van der Waals surface area contributed by atoms with E-state index in [2.05, 4.69) is 52.6 Å². The fourth-order valence-corrected chi connectivity index (χ4v) is 2.61. The largest absolute Gasteiger partial charge is 0.417 e. The second kappa shape index (κ2) is 7.11. The molecule has 0 fully saturated rings. The van der Waals surface area contributed by atoms with Crippen molar-refractivity contribution >= 4 is 8.32 Å². The van der Waals surface area contributed by atoms with E-state index in [0.717, 1.165) is 18.6 Å². The molecule has 0 bridgehead atoms. The van der Waals surface area contributed by atoms with Crippen LogP contribution in [0.4, 0.5) is 0 Å². The Balaban J connectivity index is 2.42. The molecule has 1 aromatic carbocycles. The third-order valence-corrected chi connectivity index (χ3v) is 8.49. The SMILES string of the molecule is C[C@H](CC#Cc1ccccc1)CO[Si](C)(C)C(C)(C)C. The zero-order valence-electron chi connectivity index (χ0n) is 13.8. The van der Waals surface area contributed by atoms with Crippen LogP contribution in [0.2, 0.25) is 18.1 Å². The molecule has 110 valence electrons. The first kappa shape index (κ1) is 17.0. The molecule has 0 spiro atoms. The molecule has 0 amide bonds. The molecule has 1 nitrogen and oxygen atoms in total. The van der Waals surface area contributed by atoms with E-state index >= 15 is 0 Å². The number of hydrogen-bond donors (Lipinski definition) is 0. The Morgan fingerprint density at radius 3 is 2.30 bits per heavy atom. The van der Waals surface area contributed by atoms with Gasteiger partial charge in [-0.05, 0) is 36.2 Å². The Morgan fingerprint density at radius 2 is 1.75 bits per heavy atom. The van der Waals surface area contributed by atoms with Crippen molar-refractivity contribution < 1.29 is 4.43 Å². The van der Waals surface area contributed by atoms with Gasteiger partial charge < -0.3 is 4.43 Å². The van der Waals surface area contributed by atoms with Crippen LogP contribution >= 0.6 is 0 Å². The summed E-state index contributed by atoms with van der Waals surface area (Å²) >= 11 is 0. The molecule has 0 aliphatic carbocycles. The smallest absolute Gasteiger partial charge is 0.191 e. The van der Waals surface area contributed by atoms with E-state index in [-0.39, 0.29) is 5.04 Å². The lowest BCUT2D eigenvalue weighted by atomic mass is 10.1. The summed E-state index contributed by atoms with van der Waals surface area (Å²) in [5.74, 6) is 6.96. The maximum absolute atomic E-state index is 6.23. The van der Waals surface area contributed by atoms with Crippen LogP contribution in [0, 0.1) is 17.8 Å². The molecule has 20 heavy (non-hydrogen) atoms. The van der Waals surface area contributed by atoms with Crippen LogP contribution in [0.25, 0.3) is 0 Å². The lowest BCUT2D eigenvalue weighted by Gasteiger charge is -2.36. The Morgan fingerprint density at radius 1 is 1.15 bits per heavy atom. The van der Waals surface area contributed by atoms with Crippen molar-refractivity contribution in [2.45, 2.75) is 52.2 Å². The summed E-state index contributed by atoms with van der Waals surface area (Å²) in [7, 11) is -1.62. The summed E-state index contributed by atoms with van der Waals surface area (Å²) in [5.41, 5.74) is 1.09. The molecule has 0 aromatic heterocycles. The van der Waals surface area contributed by atoms with Crippen LogP contribution in [0.1, 0.15) is 39.7 Å². The zero-order valence-corrected chi connectivity index (χ0v) is 14.8. The highest BCUT2D eigenvalue weighted by atomic mass is 28.4. The van der Waals surface area contributed by atoms with Gasteiger partial charge in [-0.25, -0.2) is 0 Å². The van der Waals surface area contributed by atoms with E-state index in [1.54, 1.807) is 0 Å². The molecule has 1 atom stereocenters. The normalized spacial score (nSPS) is 13.5. The van der Waals surface area contributed by atoms with Crippen molar-refractivity contribution in [3.8, 4) is 11.8 Å². The Bertz CT molecular complexity index is 460. The molecule has 2 heteroatoms. The highest BCUT2D eigenvalue weighted by molar-refractivity contribution is 6.74. The molecule has 0 saturated heterocycles. The summed E-state index contributed by atoms with van der Waals surface area (Å²) in [4.78, 5) is 0. The Kier molecular flexibility index (Phi) is 6.04. The van der Waals surface area contributed by atoms with Crippen LogP contribution in [0.3, 0.4) is 0 Å². The van der Waals surface area contributed by atoms with Gasteiger partial charge in [-0.3, -0.25) is 0 Å². The highest BCUT2D eigenvalue weighted by Crippen LogP contribution is 2.36.